The van der Waals surface area contributed by atoms with Crippen molar-refractivity contribution in [2.75, 3.05) is 0 Å². The molecular weight excluding hydrogens is 489 g/mol. The number of aryl methyl sites for hydroxylation is 1. The highest BCUT2D eigenvalue weighted by Crippen LogP contribution is 2.39. The Morgan fingerprint density at radius 3 is 1.95 bits per heavy atom. The van der Waals surface area contributed by atoms with Crippen molar-refractivity contribution in [3.63, 3.8) is 0 Å². The first-order valence-corrected chi connectivity index (χ1v) is 15.4. The van der Waals surface area contributed by atoms with Crippen LogP contribution in [0.25, 0.3) is 22.3 Å². The molecule has 0 saturated heterocycles. The standard InChI is InChI=1S/C36H45F3/c1-3-5-7-8-10-12-30-21-24-33(36(39)35(30)38)29-19-17-27(18-20-29)31-22-23-32(34(37)25-31)28-15-13-26(14-16-28)11-9-6-4-2/h17-26,28H,3-16H2,1-2H3. The van der Waals surface area contributed by atoms with Crippen LogP contribution in [0.5, 0.6) is 0 Å². The smallest absolute Gasteiger partial charge is 0.166 e. The minimum atomic E-state index is -0.788. The second-order valence-corrected chi connectivity index (χ2v) is 11.6. The van der Waals surface area contributed by atoms with E-state index in [0.717, 1.165) is 61.1 Å². The van der Waals surface area contributed by atoms with Crippen LogP contribution in [0.15, 0.2) is 54.6 Å². The van der Waals surface area contributed by atoms with Gasteiger partial charge in [-0.15, -0.1) is 0 Å². The molecule has 210 valence electrons. The van der Waals surface area contributed by atoms with Gasteiger partial charge >= 0.3 is 0 Å². The van der Waals surface area contributed by atoms with Crippen molar-refractivity contribution < 1.29 is 13.2 Å². The second-order valence-electron chi connectivity index (χ2n) is 11.6. The van der Waals surface area contributed by atoms with E-state index in [-0.39, 0.29) is 11.4 Å². The summed E-state index contributed by atoms with van der Waals surface area (Å²) in [7, 11) is 0. The fraction of sp³-hybridized carbons (Fsp3) is 0.500. The summed E-state index contributed by atoms with van der Waals surface area (Å²) in [6.45, 7) is 4.41. The van der Waals surface area contributed by atoms with E-state index in [1.165, 1.54) is 44.9 Å². The Hall–Kier alpha value is -2.55. The van der Waals surface area contributed by atoms with Crippen molar-refractivity contribution in [2.24, 2.45) is 5.92 Å². The van der Waals surface area contributed by atoms with Crippen LogP contribution in [0.1, 0.15) is 114 Å². The lowest BCUT2D eigenvalue weighted by atomic mass is 9.76. The largest absolute Gasteiger partial charge is 0.207 e. The summed E-state index contributed by atoms with van der Waals surface area (Å²) in [4.78, 5) is 0. The highest BCUT2D eigenvalue weighted by Gasteiger charge is 2.24. The predicted molar refractivity (Wildman–Crippen MR) is 158 cm³/mol. The molecule has 0 aromatic heterocycles. The Bertz CT molecular complexity index is 1170. The van der Waals surface area contributed by atoms with E-state index in [9.17, 15) is 8.78 Å². The lowest BCUT2D eigenvalue weighted by Gasteiger charge is -2.29. The quantitative estimate of drug-likeness (QED) is 0.191. The molecule has 0 spiro atoms. The summed E-state index contributed by atoms with van der Waals surface area (Å²) in [5.74, 6) is -0.548. The zero-order valence-electron chi connectivity index (χ0n) is 23.9. The molecule has 1 fully saturated rings. The first-order valence-electron chi connectivity index (χ1n) is 15.4. The van der Waals surface area contributed by atoms with E-state index < -0.39 is 11.6 Å². The summed E-state index contributed by atoms with van der Waals surface area (Å²) in [6, 6.07) is 16.3. The van der Waals surface area contributed by atoms with Crippen molar-refractivity contribution >= 4 is 0 Å². The van der Waals surface area contributed by atoms with Crippen LogP contribution in [-0.4, -0.2) is 0 Å². The summed E-state index contributed by atoms with van der Waals surface area (Å²) in [6.07, 6.45) is 15.7. The number of hydrogen-bond donors (Lipinski definition) is 0. The fourth-order valence-corrected chi connectivity index (χ4v) is 6.25. The van der Waals surface area contributed by atoms with Crippen LogP contribution in [0, 0.1) is 23.4 Å². The van der Waals surface area contributed by atoms with Crippen molar-refractivity contribution in [1.82, 2.24) is 0 Å². The number of halogens is 3. The van der Waals surface area contributed by atoms with Gasteiger partial charge in [-0.1, -0.05) is 114 Å². The van der Waals surface area contributed by atoms with Gasteiger partial charge in [-0.25, -0.2) is 13.2 Å². The Morgan fingerprint density at radius 2 is 1.26 bits per heavy atom. The molecule has 0 aliphatic heterocycles. The number of benzene rings is 3. The molecule has 0 amide bonds. The summed E-state index contributed by atoms with van der Waals surface area (Å²) >= 11 is 0. The summed E-state index contributed by atoms with van der Waals surface area (Å²) in [5, 5.41) is 0. The zero-order valence-corrected chi connectivity index (χ0v) is 23.9. The SMILES string of the molecule is CCCCCCCc1ccc(-c2ccc(-c3ccc(C4CCC(CCCCC)CC4)c(F)c3)cc2)c(F)c1F. The van der Waals surface area contributed by atoms with Crippen molar-refractivity contribution in [3.05, 3.63) is 83.2 Å². The Labute approximate surface area is 234 Å². The molecule has 0 N–H and O–H groups in total. The van der Waals surface area contributed by atoms with E-state index in [4.69, 9.17) is 0 Å². The predicted octanol–water partition coefficient (Wildman–Crippen LogP) is 11.8. The minimum Gasteiger partial charge on any atom is -0.207 e. The van der Waals surface area contributed by atoms with Crippen molar-refractivity contribution in [1.29, 1.82) is 0 Å². The van der Waals surface area contributed by atoms with Crippen LogP contribution in [0.3, 0.4) is 0 Å². The molecule has 1 aliphatic rings. The van der Waals surface area contributed by atoms with Gasteiger partial charge in [0.25, 0.3) is 0 Å². The van der Waals surface area contributed by atoms with E-state index in [2.05, 4.69) is 13.8 Å². The van der Waals surface area contributed by atoms with Gasteiger partial charge in [0.2, 0.25) is 0 Å². The first kappa shape index (κ1) is 29.4. The highest BCUT2D eigenvalue weighted by molar-refractivity contribution is 5.71. The van der Waals surface area contributed by atoms with E-state index in [1.807, 2.05) is 24.3 Å². The number of hydrogen-bond acceptors (Lipinski definition) is 0. The topological polar surface area (TPSA) is 0 Å². The van der Waals surface area contributed by atoms with Gasteiger partial charge in [-0.05, 0) is 84.2 Å². The van der Waals surface area contributed by atoms with Crippen molar-refractivity contribution in [2.45, 2.75) is 110 Å². The van der Waals surface area contributed by atoms with Gasteiger partial charge in [0.1, 0.15) is 5.82 Å². The Morgan fingerprint density at radius 1 is 0.615 bits per heavy atom. The molecule has 1 aliphatic carbocycles. The maximum absolute atomic E-state index is 15.2. The van der Waals surface area contributed by atoms with Crippen LogP contribution >= 0.6 is 0 Å². The Kier molecular flexibility index (Phi) is 11.1. The second kappa shape index (κ2) is 14.7. The van der Waals surface area contributed by atoms with Gasteiger partial charge in [0, 0.05) is 5.56 Å². The molecule has 0 atom stereocenters. The molecule has 4 rings (SSSR count). The minimum absolute atomic E-state index is 0.135. The molecular formula is C36H45F3. The lowest BCUT2D eigenvalue weighted by Crippen LogP contribution is -2.14. The molecule has 1 saturated carbocycles. The maximum atomic E-state index is 15.2. The van der Waals surface area contributed by atoms with Gasteiger partial charge in [0.05, 0.1) is 0 Å². The molecule has 0 heterocycles. The maximum Gasteiger partial charge on any atom is 0.166 e. The van der Waals surface area contributed by atoms with Gasteiger partial charge < -0.3 is 0 Å². The van der Waals surface area contributed by atoms with Crippen LogP contribution < -0.4 is 0 Å². The van der Waals surface area contributed by atoms with Gasteiger partial charge in [-0.3, -0.25) is 0 Å². The van der Waals surface area contributed by atoms with Crippen molar-refractivity contribution in [3.8, 4) is 22.3 Å². The normalized spacial score (nSPS) is 17.5. The summed E-state index contributed by atoms with van der Waals surface area (Å²) < 4.78 is 44.9. The molecule has 0 unspecified atom stereocenters. The average molecular weight is 535 g/mol. The van der Waals surface area contributed by atoms with E-state index in [1.54, 1.807) is 30.3 Å². The van der Waals surface area contributed by atoms with E-state index in [0.29, 0.717) is 23.5 Å². The first-order chi connectivity index (χ1) is 19.0. The van der Waals surface area contributed by atoms with Crippen LogP contribution in [0.2, 0.25) is 0 Å². The molecule has 39 heavy (non-hydrogen) atoms. The third kappa shape index (κ3) is 7.77. The monoisotopic (exact) mass is 534 g/mol. The van der Waals surface area contributed by atoms with E-state index >= 15 is 4.39 Å². The molecule has 3 heteroatoms. The van der Waals surface area contributed by atoms with Gasteiger partial charge in [0.15, 0.2) is 11.6 Å². The molecule has 0 radical (unpaired) electrons. The molecule has 0 nitrogen and oxygen atoms in total. The van der Waals surface area contributed by atoms with Crippen LogP contribution in [-0.2, 0) is 6.42 Å². The van der Waals surface area contributed by atoms with Gasteiger partial charge in [-0.2, -0.15) is 0 Å². The molecule has 3 aromatic carbocycles. The third-order valence-electron chi connectivity index (χ3n) is 8.74. The lowest BCUT2D eigenvalue weighted by molar-refractivity contribution is 0.299. The fourth-order valence-electron chi connectivity index (χ4n) is 6.25. The molecule has 3 aromatic rings. The number of unbranched alkanes of at least 4 members (excludes halogenated alkanes) is 6. The van der Waals surface area contributed by atoms with Crippen LogP contribution in [0.4, 0.5) is 13.2 Å². The summed E-state index contributed by atoms with van der Waals surface area (Å²) in [5.41, 5.74) is 3.85. The molecule has 0 bridgehead atoms. The zero-order chi connectivity index (χ0) is 27.6. The highest BCUT2D eigenvalue weighted by atomic mass is 19.2. The Balaban J connectivity index is 1.39. The third-order valence-corrected chi connectivity index (χ3v) is 8.74. The number of rotatable bonds is 13. The average Bonchev–Trinajstić information content (AvgIpc) is 2.96.